The molecule has 254 valence electrons. The van der Waals surface area contributed by atoms with Gasteiger partial charge in [0.15, 0.2) is 21.6 Å². The fourth-order valence-corrected chi connectivity index (χ4v) is 6.88. The zero-order valence-corrected chi connectivity index (χ0v) is 27.7. The molecule has 5 rings (SSSR count). The monoisotopic (exact) mass is 675 g/mol. The Morgan fingerprint density at radius 3 is 2.43 bits per heavy atom. The van der Waals surface area contributed by atoms with E-state index in [4.69, 9.17) is 9.72 Å². The summed E-state index contributed by atoms with van der Waals surface area (Å²) in [5.74, 6) is 1.23. The molecular weight excluding hydrogens is 635 g/mol. The number of aromatic amines is 1. The number of halogens is 3. The number of benzene rings is 2. The summed E-state index contributed by atoms with van der Waals surface area (Å²) in [6.45, 7) is 9.49. The van der Waals surface area contributed by atoms with E-state index in [-0.39, 0.29) is 22.9 Å². The number of sulfone groups is 1. The number of fused-ring (bicyclic) bond motifs is 1. The predicted molar refractivity (Wildman–Crippen MR) is 174 cm³/mol. The molecule has 3 heterocycles. The molecule has 47 heavy (non-hydrogen) atoms. The van der Waals surface area contributed by atoms with Crippen molar-refractivity contribution in [1.29, 1.82) is 0 Å². The van der Waals surface area contributed by atoms with Crippen LogP contribution in [0, 0.1) is 6.92 Å². The summed E-state index contributed by atoms with van der Waals surface area (Å²) in [5.41, 5.74) is 3.41. The van der Waals surface area contributed by atoms with Crippen LogP contribution in [0.2, 0.25) is 0 Å². The van der Waals surface area contributed by atoms with Crippen molar-refractivity contribution in [2.75, 3.05) is 30.3 Å². The van der Waals surface area contributed by atoms with Gasteiger partial charge >= 0.3 is 6.18 Å². The van der Waals surface area contributed by atoms with Crippen LogP contribution in [0.4, 0.5) is 36.3 Å². The van der Waals surface area contributed by atoms with Crippen LogP contribution in [0.15, 0.2) is 47.5 Å². The lowest BCUT2D eigenvalue weighted by atomic mass is 9.86. The van der Waals surface area contributed by atoms with Crippen LogP contribution in [-0.4, -0.2) is 81.9 Å². The van der Waals surface area contributed by atoms with Gasteiger partial charge in [0.05, 0.1) is 39.2 Å². The number of nitrogens with zero attached hydrogens (tertiary/aromatic N) is 4. The Bertz CT molecular complexity index is 1820. The van der Waals surface area contributed by atoms with E-state index < -0.39 is 33.9 Å². The highest BCUT2D eigenvalue weighted by Gasteiger charge is 2.39. The number of piperidine rings is 1. The number of likely N-dealkylation sites (tertiary alicyclic amines) is 1. The SMILES string of the molecule is Cc1cc(Nc2nc(Nc3ccccc3S(=O)(=O)C(C)C)c3cn[nH]c3n2)c(OC(C)C)cc1C1CCN(CC(O)C(F)(F)F)CC1. The second-order valence-electron chi connectivity index (χ2n) is 12.4. The number of aromatic nitrogens is 4. The maximum Gasteiger partial charge on any atom is 0.415 e. The Morgan fingerprint density at radius 1 is 1.06 bits per heavy atom. The van der Waals surface area contributed by atoms with Crippen LogP contribution >= 0.6 is 0 Å². The summed E-state index contributed by atoms with van der Waals surface area (Å²) in [6, 6.07) is 10.5. The van der Waals surface area contributed by atoms with Crippen LogP contribution in [0.1, 0.15) is 57.6 Å². The highest BCUT2D eigenvalue weighted by molar-refractivity contribution is 7.92. The van der Waals surface area contributed by atoms with E-state index in [9.17, 15) is 26.7 Å². The van der Waals surface area contributed by atoms with Crippen LogP contribution in [0.3, 0.4) is 0 Å². The first-order chi connectivity index (χ1) is 22.1. The number of aliphatic hydroxyl groups excluding tert-OH is 1. The zero-order chi connectivity index (χ0) is 34.1. The number of nitrogens with one attached hydrogen (secondary N) is 3. The van der Waals surface area contributed by atoms with Gasteiger partial charge in [-0.3, -0.25) is 5.10 Å². The normalized spacial score (nSPS) is 15.8. The minimum absolute atomic E-state index is 0.105. The van der Waals surface area contributed by atoms with Crippen molar-refractivity contribution in [3.63, 3.8) is 0 Å². The Morgan fingerprint density at radius 2 is 1.77 bits per heavy atom. The van der Waals surface area contributed by atoms with E-state index in [1.807, 2.05) is 32.9 Å². The van der Waals surface area contributed by atoms with Gasteiger partial charge < -0.3 is 25.4 Å². The number of aryl methyl sites for hydroxylation is 1. The Hall–Kier alpha value is -3.95. The maximum absolute atomic E-state index is 13.1. The lowest BCUT2D eigenvalue weighted by molar-refractivity contribution is -0.208. The Labute approximate surface area is 271 Å². The molecule has 1 fully saturated rings. The Balaban J connectivity index is 1.42. The van der Waals surface area contributed by atoms with Gasteiger partial charge in [-0.05, 0) is 102 Å². The average Bonchev–Trinajstić information content (AvgIpc) is 3.47. The summed E-state index contributed by atoms with van der Waals surface area (Å²) in [6.07, 6.45) is -4.32. The number of para-hydroxylation sites is 1. The van der Waals surface area contributed by atoms with Crippen molar-refractivity contribution < 1.29 is 31.4 Å². The minimum Gasteiger partial charge on any atom is -0.489 e. The van der Waals surface area contributed by atoms with Crippen LogP contribution < -0.4 is 15.4 Å². The van der Waals surface area contributed by atoms with Gasteiger partial charge in [-0.2, -0.15) is 28.2 Å². The van der Waals surface area contributed by atoms with Crippen molar-refractivity contribution >= 4 is 44.0 Å². The molecular formula is C32H40F3N7O4S. The molecule has 4 N–H and O–H groups in total. The second-order valence-corrected chi connectivity index (χ2v) is 14.8. The number of rotatable bonds is 11. The number of anilines is 4. The third-order valence-corrected chi connectivity index (χ3v) is 10.4. The molecule has 1 unspecified atom stereocenters. The van der Waals surface area contributed by atoms with Gasteiger partial charge in [-0.25, -0.2) is 8.42 Å². The molecule has 2 aromatic carbocycles. The van der Waals surface area contributed by atoms with Gasteiger partial charge in [0.1, 0.15) is 11.6 Å². The lowest BCUT2D eigenvalue weighted by Crippen LogP contribution is -2.44. The quantitative estimate of drug-likeness (QED) is 0.145. The van der Waals surface area contributed by atoms with E-state index in [1.165, 1.54) is 0 Å². The first-order valence-electron chi connectivity index (χ1n) is 15.5. The number of alkyl halides is 3. The highest BCUT2D eigenvalue weighted by Crippen LogP contribution is 2.39. The molecule has 15 heteroatoms. The van der Waals surface area contributed by atoms with E-state index in [0.29, 0.717) is 59.9 Å². The summed E-state index contributed by atoms with van der Waals surface area (Å²) in [4.78, 5) is 11.1. The van der Waals surface area contributed by atoms with E-state index >= 15 is 0 Å². The molecule has 2 aromatic heterocycles. The lowest BCUT2D eigenvalue weighted by Gasteiger charge is -2.34. The first kappa shape index (κ1) is 34.4. The van der Waals surface area contributed by atoms with E-state index in [0.717, 1.165) is 11.1 Å². The number of aliphatic hydroxyl groups is 1. The summed E-state index contributed by atoms with van der Waals surface area (Å²) < 4.78 is 71.0. The van der Waals surface area contributed by atoms with Crippen molar-refractivity contribution in [2.45, 2.75) is 81.9 Å². The minimum atomic E-state index is -4.64. The van der Waals surface area contributed by atoms with E-state index in [1.54, 1.807) is 49.2 Å². The van der Waals surface area contributed by atoms with Gasteiger partial charge in [0.2, 0.25) is 5.95 Å². The zero-order valence-electron chi connectivity index (χ0n) is 26.9. The van der Waals surface area contributed by atoms with Gasteiger partial charge in [-0.1, -0.05) is 12.1 Å². The number of hydrogen-bond donors (Lipinski definition) is 4. The van der Waals surface area contributed by atoms with Crippen molar-refractivity contribution in [1.82, 2.24) is 25.1 Å². The largest absolute Gasteiger partial charge is 0.489 e. The third kappa shape index (κ3) is 7.79. The third-order valence-electron chi connectivity index (χ3n) is 8.19. The van der Waals surface area contributed by atoms with Crippen molar-refractivity contribution in [3.05, 3.63) is 53.7 Å². The fraction of sp³-hybridized carbons (Fsp3) is 0.469. The number of ether oxygens (including phenoxy) is 1. The topological polar surface area (TPSA) is 145 Å². The molecule has 0 bridgehead atoms. The average molecular weight is 676 g/mol. The predicted octanol–water partition coefficient (Wildman–Crippen LogP) is 6.22. The first-order valence-corrected chi connectivity index (χ1v) is 17.0. The van der Waals surface area contributed by atoms with E-state index in [2.05, 4.69) is 25.8 Å². The Kier molecular flexibility index (Phi) is 9.99. The van der Waals surface area contributed by atoms with Crippen LogP contribution in [0.25, 0.3) is 11.0 Å². The number of H-pyrrole nitrogens is 1. The molecule has 1 aliphatic heterocycles. The molecule has 0 aliphatic carbocycles. The van der Waals surface area contributed by atoms with Gasteiger partial charge in [-0.15, -0.1) is 0 Å². The molecule has 11 nitrogen and oxygen atoms in total. The maximum atomic E-state index is 13.1. The molecule has 0 saturated carbocycles. The second kappa shape index (κ2) is 13.6. The van der Waals surface area contributed by atoms with Crippen molar-refractivity contribution in [3.8, 4) is 5.75 Å². The molecule has 1 aliphatic rings. The smallest absolute Gasteiger partial charge is 0.415 e. The number of hydrogen-bond acceptors (Lipinski definition) is 10. The molecule has 0 spiro atoms. The molecule has 1 saturated heterocycles. The summed E-state index contributed by atoms with van der Waals surface area (Å²) in [5, 5.41) is 22.9. The van der Waals surface area contributed by atoms with Crippen LogP contribution in [0.5, 0.6) is 5.75 Å². The highest BCUT2D eigenvalue weighted by atomic mass is 32.2. The standard InChI is InChI=1S/C32H40F3N7O4S/c1-18(2)46-26-15-22(21-10-12-42(13-11-21)17-28(43)32(33,34)35)20(5)14-25(26)38-31-39-29(23-16-36-41-30(23)40-31)37-24-8-6-7-9-27(24)47(44,45)19(3)4/h6-9,14-16,18-19,21,28,43H,10-13,17H2,1-5H3,(H3,36,37,38,39,40,41). The summed E-state index contributed by atoms with van der Waals surface area (Å²) >= 11 is 0. The molecule has 1 atom stereocenters. The summed E-state index contributed by atoms with van der Waals surface area (Å²) in [7, 11) is -3.60. The molecule has 0 radical (unpaired) electrons. The molecule has 4 aromatic rings. The number of β-amino-alcohol motifs (C(OH)–C–C–N with tert-alkyl or cyclic N) is 1. The fourth-order valence-electron chi connectivity index (χ4n) is 5.67. The molecule has 0 amide bonds. The van der Waals surface area contributed by atoms with Crippen LogP contribution in [-0.2, 0) is 9.84 Å². The van der Waals surface area contributed by atoms with Gasteiger partial charge in [0, 0.05) is 6.54 Å². The van der Waals surface area contributed by atoms with Gasteiger partial charge in [0.25, 0.3) is 0 Å². The van der Waals surface area contributed by atoms with Crippen molar-refractivity contribution in [2.24, 2.45) is 0 Å².